The van der Waals surface area contributed by atoms with E-state index in [0.717, 1.165) is 12.5 Å². The van der Waals surface area contributed by atoms with Crippen LogP contribution in [0.15, 0.2) is 58.9 Å². The van der Waals surface area contributed by atoms with Gasteiger partial charge in [-0.3, -0.25) is 19.3 Å². The lowest BCUT2D eigenvalue weighted by atomic mass is 10.2. The summed E-state index contributed by atoms with van der Waals surface area (Å²) in [6.07, 6.45) is 3.67. The summed E-state index contributed by atoms with van der Waals surface area (Å²) in [4.78, 5) is 14.9. The smallest absolute Gasteiger partial charge is 0.279 e. The number of benzene rings is 2. The number of rotatable bonds is 7. The van der Waals surface area contributed by atoms with Crippen LogP contribution in [0.4, 0.5) is 17.1 Å². The average molecular weight is 532 g/mol. The van der Waals surface area contributed by atoms with E-state index >= 15 is 0 Å². The van der Waals surface area contributed by atoms with Crippen LogP contribution in [-0.2, 0) is 20.0 Å². The average Bonchev–Trinajstić information content (AvgIpc) is 3.26. The maximum Gasteiger partial charge on any atom is 0.279 e. The number of ether oxygens (including phenoxy) is 1. The molecule has 1 aliphatic rings. The molecule has 0 spiro atoms. The van der Waals surface area contributed by atoms with Crippen molar-refractivity contribution in [3.8, 4) is 11.4 Å². The predicted octanol–water partition coefficient (Wildman–Crippen LogP) is 2.59. The highest BCUT2D eigenvalue weighted by Crippen LogP contribution is 2.40. The van der Waals surface area contributed by atoms with Crippen LogP contribution in [0.5, 0.6) is 5.75 Å². The summed E-state index contributed by atoms with van der Waals surface area (Å²) >= 11 is 0. The van der Waals surface area contributed by atoms with Crippen LogP contribution in [-0.4, -0.2) is 45.7 Å². The lowest BCUT2D eigenvalue weighted by molar-refractivity contribution is 0.441. The number of fused-ring (bicyclic) bond motifs is 1. The van der Waals surface area contributed by atoms with Gasteiger partial charge in [0.25, 0.3) is 5.56 Å². The molecular weight excluding hydrogens is 506 g/mol. The number of aromatic nitrogens is 2. The van der Waals surface area contributed by atoms with E-state index in [1.165, 1.54) is 10.8 Å². The Morgan fingerprint density at radius 1 is 1.00 bits per heavy atom. The molecule has 13 heteroatoms. The Labute approximate surface area is 208 Å². The second-order valence-corrected chi connectivity index (χ2v) is 11.7. The standard InChI is InChI=1S/C23H25N5O6S2/c1-5-27-20-14-17(26-36(4,32)33)8-12-21(20)34-22(27)13-11-19-15(2)24-28(23(19)29)18-9-6-16(7-10-18)25-35(3,30)31/h6-12,14,24-26H,5H2,1-4H3. The topological polar surface area (TPSA) is 143 Å². The van der Waals surface area contributed by atoms with Crippen molar-refractivity contribution in [1.82, 2.24) is 9.78 Å². The summed E-state index contributed by atoms with van der Waals surface area (Å²) in [5.74, 6) is 0.907. The van der Waals surface area contributed by atoms with Gasteiger partial charge in [-0.2, -0.15) is 0 Å². The Balaban J connectivity index is 1.65. The third kappa shape index (κ3) is 5.48. The predicted molar refractivity (Wildman–Crippen MR) is 140 cm³/mol. The molecule has 190 valence electrons. The van der Waals surface area contributed by atoms with Gasteiger partial charge in [0.05, 0.1) is 35.1 Å². The molecule has 2 heterocycles. The quantitative estimate of drug-likeness (QED) is 0.398. The molecule has 1 aliphatic heterocycles. The Bertz CT molecular complexity index is 1660. The zero-order valence-corrected chi connectivity index (χ0v) is 21.6. The van der Waals surface area contributed by atoms with E-state index in [4.69, 9.17) is 4.74 Å². The number of aromatic amines is 1. The van der Waals surface area contributed by atoms with E-state index in [1.54, 1.807) is 49.4 Å². The van der Waals surface area contributed by atoms with Crippen LogP contribution >= 0.6 is 0 Å². The lowest BCUT2D eigenvalue weighted by Crippen LogP contribution is -2.19. The maximum atomic E-state index is 13.1. The summed E-state index contributed by atoms with van der Waals surface area (Å²) in [6.45, 7) is 4.18. The van der Waals surface area contributed by atoms with Gasteiger partial charge in [0, 0.05) is 24.0 Å². The summed E-state index contributed by atoms with van der Waals surface area (Å²) in [6, 6.07) is 11.3. The highest BCUT2D eigenvalue weighted by Gasteiger charge is 2.25. The molecule has 0 aliphatic carbocycles. The van der Waals surface area contributed by atoms with Crippen molar-refractivity contribution in [2.45, 2.75) is 13.8 Å². The van der Waals surface area contributed by atoms with Gasteiger partial charge in [0.15, 0.2) is 5.75 Å². The van der Waals surface area contributed by atoms with Crippen molar-refractivity contribution in [2.24, 2.45) is 0 Å². The number of aryl methyl sites for hydroxylation is 1. The Kier molecular flexibility index (Phi) is 6.48. The normalized spacial score (nSPS) is 13.1. The van der Waals surface area contributed by atoms with Crippen LogP contribution in [0, 0.1) is 6.92 Å². The van der Waals surface area contributed by atoms with Gasteiger partial charge in [0.2, 0.25) is 25.9 Å². The molecule has 0 amide bonds. The molecular formula is C23H25N5O6S2. The maximum absolute atomic E-state index is 13.1. The van der Waals surface area contributed by atoms with Crippen LogP contribution in [0.2, 0.25) is 0 Å². The van der Waals surface area contributed by atoms with Crippen LogP contribution in [0.3, 0.4) is 0 Å². The number of hydrogen-bond donors (Lipinski definition) is 3. The van der Waals surface area contributed by atoms with Crippen LogP contribution in [0.25, 0.3) is 11.8 Å². The van der Waals surface area contributed by atoms with Crippen molar-refractivity contribution in [3.63, 3.8) is 0 Å². The van der Waals surface area contributed by atoms with E-state index in [-0.39, 0.29) is 5.56 Å². The van der Waals surface area contributed by atoms with E-state index in [2.05, 4.69) is 20.3 Å². The molecule has 36 heavy (non-hydrogen) atoms. The lowest BCUT2D eigenvalue weighted by Gasteiger charge is -2.14. The van der Waals surface area contributed by atoms with Crippen LogP contribution < -0.4 is 24.6 Å². The first-order valence-corrected chi connectivity index (χ1v) is 14.6. The number of H-pyrrole nitrogens is 1. The third-order valence-corrected chi connectivity index (χ3v) is 6.42. The molecule has 11 nitrogen and oxygen atoms in total. The van der Waals surface area contributed by atoms with E-state index < -0.39 is 20.0 Å². The second-order valence-electron chi connectivity index (χ2n) is 8.21. The Morgan fingerprint density at radius 3 is 2.22 bits per heavy atom. The monoisotopic (exact) mass is 531 g/mol. The first-order chi connectivity index (χ1) is 16.8. The van der Waals surface area contributed by atoms with Gasteiger partial charge in [-0.1, -0.05) is 5.73 Å². The summed E-state index contributed by atoms with van der Waals surface area (Å²) < 4.78 is 58.0. The Morgan fingerprint density at radius 2 is 1.61 bits per heavy atom. The summed E-state index contributed by atoms with van der Waals surface area (Å²) in [5.41, 5.74) is 5.69. The fourth-order valence-electron chi connectivity index (χ4n) is 3.72. The van der Waals surface area contributed by atoms with E-state index in [1.807, 2.05) is 11.8 Å². The molecule has 0 atom stereocenters. The molecule has 3 N–H and O–H groups in total. The van der Waals surface area contributed by atoms with Gasteiger partial charge < -0.3 is 9.64 Å². The SMILES string of the molecule is CCN1C(=C=Cc2c(C)[nH]n(-c3ccc(NS(C)(=O)=O)cc3)c2=O)Oc2ccc(NS(C)(=O)=O)cc21. The Hall–Kier alpha value is -3.93. The minimum atomic E-state index is -3.43. The van der Waals surface area contributed by atoms with E-state index in [0.29, 0.717) is 52.2 Å². The molecule has 0 bridgehead atoms. The molecule has 0 fully saturated rings. The van der Waals surface area contributed by atoms with Gasteiger partial charge in [-0.05, 0) is 56.3 Å². The largest absolute Gasteiger partial charge is 0.432 e. The number of nitrogens with one attached hydrogen (secondary N) is 3. The summed E-state index contributed by atoms with van der Waals surface area (Å²) in [5, 5.41) is 3.01. The minimum Gasteiger partial charge on any atom is -0.432 e. The molecule has 4 rings (SSSR count). The van der Waals surface area contributed by atoms with Crippen molar-refractivity contribution >= 4 is 43.2 Å². The van der Waals surface area contributed by atoms with Crippen molar-refractivity contribution in [2.75, 3.05) is 33.4 Å². The molecule has 0 radical (unpaired) electrons. The highest BCUT2D eigenvalue weighted by molar-refractivity contribution is 7.92. The minimum absolute atomic E-state index is 0.317. The number of anilines is 3. The van der Waals surface area contributed by atoms with Gasteiger partial charge >= 0.3 is 0 Å². The molecule has 2 aromatic carbocycles. The van der Waals surface area contributed by atoms with Crippen LogP contribution in [0.1, 0.15) is 18.2 Å². The first-order valence-electron chi connectivity index (χ1n) is 10.8. The molecule has 0 unspecified atom stereocenters. The molecule has 1 aromatic heterocycles. The first kappa shape index (κ1) is 25.2. The zero-order chi connectivity index (χ0) is 26.3. The van der Waals surface area contributed by atoms with Crippen molar-refractivity contribution in [3.05, 3.63) is 75.7 Å². The molecule has 0 saturated carbocycles. The highest BCUT2D eigenvalue weighted by atomic mass is 32.2. The number of hydrogen-bond acceptors (Lipinski definition) is 7. The number of nitrogens with zero attached hydrogens (tertiary/aromatic N) is 2. The zero-order valence-electron chi connectivity index (χ0n) is 20.0. The fourth-order valence-corrected chi connectivity index (χ4v) is 4.84. The fraction of sp³-hybridized carbons (Fsp3) is 0.217. The summed E-state index contributed by atoms with van der Waals surface area (Å²) in [7, 11) is -6.83. The third-order valence-electron chi connectivity index (χ3n) is 5.21. The second kappa shape index (κ2) is 9.26. The van der Waals surface area contributed by atoms with Gasteiger partial charge in [0.1, 0.15) is 0 Å². The van der Waals surface area contributed by atoms with Crippen molar-refractivity contribution < 1.29 is 21.6 Å². The molecule has 3 aromatic rings. The van der Waals surface area contributed by atoms with Crippen molar-refractivity contribution in [1.29, 1.82) is 0 Å². The van der Waals surface area contributed by atoms with Gasteiger partial charge in [-0.15, -0.1) is 0 Å². The molecule has 0 saturated heterocycles. The number of sulfonamides is 2. The van der Waals surface area contributed by atoms with Gasteiger partial charge in [-0.25, -0.2) is 21.5 Å². The van der Waals surface area contributed by atoms with E-state index in [9.17, 15) is 21.6 Å².